The van der Waals surface area contributed by atoms with Gasteiger partial charge in [-0.15, -0.1) is 0 Å². The van der Waals surface area contributed by atoms with Gasteiger partial charge < -0.3 is 14.7 Å². The highest BCUT2D eigenvalue weighted by Gasteiger charge is 2.35. The molecule has 0 radical (unpaired) electrons. The number of carboxylic acids is 1. The number of halogens is 1. The van der Waals surface area contributed by atoms with Gasteiger partial charge in [0, 0.05) is 18.5 Å². The fourth-order valence-electron chi connectivity index (χ4n) is 3.25. The van der Waals surface area contributed by atoms with E-state index < -0.39 is 5.97 Å². The number of likely N-dealkylation sites (N-methyl/N-ethyl adjacent to an activating group) is 1. The van der Waals surface area contributed by atoms with Crippen molar-refractivity contribution in [1.29, 1.82) is 0 Å². The zero-order valence-electron chi connectivity index (χ0n) is 14.4. The number of amides is 1. The molecule has 1 heterocycles. The van der Waals surface area contributed by atoms with E-state index in [1.807, 2.05) is 18.2 Å². The Labute approximate surface area is 157 Å². The lowest BCUT2D eigenvalue weighted by Crippen LogP contribution is -2.44. The van der Waals surface area contributed by atoms with Crippen molar-refractivity contribution in [2.45, 2.75) is 31.6 Å². The van der Waals surface area contributed by atoms with E-state index in [2.05, 4.69) is 0 Å². The first kappa shape index (κ1) is 18.4. The maximum absolute atomic E-state index is 12.2. The van der Waals surface area contributed by atoms with Gasteiger partial charge in [-0.25, -0.2) is 4.79 Å². The first-order chi connectivity index (χ1) is 12.5. The highest BCUT2D eigenvalue weighted by atomic mass is 35.5. The molecule has 0 unspecified atom stereocenters. The van der Waals surface area contributed by atoms with Crippen molar-refractivity contribution in [3.8, 4) is 0 Å². The number of benzene rings is 2. The average molecular weight is 374 g/mol. The molecular weight excluding hydrogens is 354 g/mol. The van der Waals surface area contributed by atoms with Crippen molar-refractivity contribution in [1.82, 2.24) is 4.90 Å². The SMILES string of the molecule is CN1C(=O)CC[C@H](OCc2ccc(C(=O)O)cc2)[C@H]1c1cccc(Cl)c1. The van der Waals surface area contributed by atoms with Crippen LogP contribution < -0.4 is 0 Å². The maximum atomic E-state index is 12.2. The van der Waals surface area contributed by atoms with Gasteiger partial charge in [-0.1, -0.05) is 35.9 Å². The van der Waals surface area contributed by atoms with Crippen molar-refractivity contribution in [3.63, 3.8) is 0 Å². The summed E-state index contributed by atoms with van der Waals surface area (Å²) >= 11 is 6.12. The quantitative estimate of drug-likeness (QED) is 0.862. The van der Waals surface area contributed by atoms with Crippen LogP contribution in [0.15, 0.2) is 48.5 Å². The van der Waals surface area contributed by atoms with E-state index >= 15 is 0 Å². The lowest BCUT2D eigenvalue weighted by atomic mass is 9.92. The molecule has 1 amide bonds. The molecule has 6 heteroatoms. The Kier molecular flexibility index (Phi) is 5.59. The highest BCUT2D eigenvalue weighted by molar-refractivity contribution is 6.30. The zero-order chi connectivity index (χ0) is 18.7. The molecule has 5 nitrogen and oxygen atoms in total. The van der Waals surface area contributed by atoms with Crippen LogP contribution in [0.1, 0.15) is 40.4 Å². The zero-order valence-corrected chi connectivity index (χ0v) is 15.1. The third kappa shape index (κ3) is 4.06. The predicted octanol–water partition coefficient (Wildman–Crippen LogP) is 3.92. The summed E-state index contributed by atoms with van der Waals surface area (Å²) in [5, 5.41) is 9.59. The summed E-state index contributed by atoms with van der Waals surface area (Å²) in [7, 11) is 1.78. The van der Waals surface area contributed by atoms with Gasteiger partial charge in [0.2, 0.25) is 5.91 Å². The monoisotopic (exact) mass is 373 g/mol. The number of aromatic carboxylic acids is 1. The highest BCUT2D eigenvalue weighted by Crippen LogP contribution is 2.34. The van der Waals surface area contributed by atoms with Crippen LogP contribution in [0.2, 0.25) is 5.02 Å². The molecule has 2 atom stereocenters. The second kappa shape index (κ2) is 7.89. The van der Waals surface area contributed by atoms with Crippen LogP contribution in [0.5, 0.6) is 0 Å². The van der Waals surface area contributed by atoms with E-state index in [1.165, 1.54) is 0 Å². The van der Waals surface area contributed by atoms with E-state index in [4.69, 9.17) is 21.4 Å². The summed E-state index contributed by atoms with van der Waals surface area (Å²) in [5.74, 6) is -0.869. The standard InChI is InChI=1S/C20H20ClNO4/c1-22-18(23)10-9-17(19(22)15-3-2-4-16(21)11-15)26-12-13-5-7-14(8-6-13)20(24)25/h2-8,11,17,19H,9-10,12H2,1H3,(H,24,25)/t17-,19+/m0/s1. The molecule has 0 aliphatic carbocycles. The minimum atomic E-state index is -0.953. The average Bonchev–Trinajstić information content (AvgIpc) is 2.63. The minimum absolute atomic E-state index is 0.0839. The van der Waals surface area contributed by atoms with Crippen molar-refractivity contribution in [3.05, 3.63) is 70.2 Å². The van der Waals surface area contributed by atoms with Gasteiger partial charge in [-0.3, -0.25) is 4.79 Å². The summed E-state index contributed by atoms with van der Waals surface area (Å²) in [5.41, 5.74) is 2.08. The molecule has 2 aromatic rings. The Morgan fingerprint density at radius 3 is 2.65 bits per heavy atom. The van der Waals surface area contributed by atoms with Crippen molar-refractivity contribution in [2.24, 2.45) is 0 Å². The lowest BCUT2D eigenvalue weighted by Gasteiger charge is -2.39. The molecular formula is C20H20ClNO4. The molecule has 1 N–H and O–H groups in total. The molecule has 1 aliphatic rings. The van der Waals surface area contributed by atoms with Crippen LogP contribution in [0.4, 0.5) is 0 Å². The number of carbonyl (C=O) groups excluding carboxylic acids is 1. The van der Waals surface area contributed by atoms with Crippen LogP contribution in [0.25, 0.3) is 0 Å². The summed E-state index contributed by atoms with van der Waals surface area (Å²) in [4.78, 5) is 24.8. The number of rotatable bonds is 5. The number of carboxylic acid groups (broad SMARTS) is 1. The second-order valence-electron chi connectivity index (χ2n) is 6.39. The van der Waals surface area contributed by atoms with E-state index in [9.17, 15) is 9.59 Å². The Hall–Kier alpha value is -2.37. The number of nitrogens with zero attached hydrogens (tertiary/aromatic N) is 1. The molecule has 3 rings (SSSR count). The third-order valence-corrected chi connectivity index (χ3v) is 4.90. The van der Waals surface area contributed by atoms with Crippen LogP contribution in [0, 0.1) is 0 Å². The Morgan fingerprint density at radius 1 is 1.27 bits per heavy atom. The van der Waals surface area contributed by atoms with Crippen molar-refractivity contribution < 1.29 is 19.4 Å². The molecule has 136 valence electrons. The molecule has 0 aromatic heterocycles. The molecule has 26 heavy (non-hydrogen) atoms. The van der Waals surface area contributed by atoms with Crippen LogP contribution in [0.3, 0.4) is 0 Å². The predicted molar refractivity (Wildman–Crippen MR) is 98.2 cm³/mol. The van der Waals surface area contributed by atoms with Gasteiger partial charge in [0.1, 0.15) is 0 Å². The van der Waals surface area contributed by atoms with E-state index in [1.54, 1.807) is 42.3 Å². The fraction of sp³-hybridized carbons (Fsp3) is 0.300. The first-order valence-electron chi connectivity index (χ1n) is 8.40. The fourth-order valence-corrected chi connectivity index (χ4v) is 3.45. The number of ether oxygens (including phenoxy) is 1. The summed E-state index contributed by atoms with van der Waals surface area (Å²) in [6.45, 7) is 0.351. The second-order valence-corrected chi connectivity index (χ2v) is 6.83. The Balaban J connectivity index is 1.75. The van der Waals surface area contributed by atoms with Gasteiger partial charge in [0.15, 0.2) is 0 Å². The Morgan fingerprint density at radius 2 is 2.00 bits per heavy atom. The topological polar surface area (TPSA) is 66.8 Å². The van der Waals surface area contributed by atoms with Gasteiger partial charge in [0.25, 0.3) is 0 Å². The summed E-state index contributed by atoms with van der Waals surface area (Å²) < 4.78 is 6.11. The largest absolute Gasteiger partial charge is 0.478 e. The van der Waals surface area contributed by atoms with E-state index in [0.29, 0.717) is 24.5 Å². The number of piperidine rings is 1. The van der Waals surface area contributed by atoms with Crippen molar-refractivity contribution >= 4 is 23.5 Å². The third-order valence-electron chi connectivity index (χ3n) is 4.66. The first-order valence-corrected chi connectivity index (χ1v) is 8.78. The molecule has 0 spiro atoms. The molecule has 2 aromatic carbocycles. The number of carbonyl (C=O) groups is 2. The number of hydrogen-bond donors (Lipinski definition) is 1. The van der Waals surface area contributed by atoms with E-state index in [-0.39, 0.29) is 23.6 Å². The normalized spacial score (nSPS) is 20.2. The molecule has 1 aliphatic heterocycles. The minimum Gasteiger partial charge on any atom is -0.478 e. The molecule has 1 saturated heterocycles. The number of hydrogen-bond acceptors (Lipinski definition) is 3. The summed E-state index contributed by atoms with van der Waals surface area (Å²) in [6, 6.07) is 13.9. The van der Waals surface area contributed by atoms with Gasteiger partial charge in [-0.05, 0) is 41.8 Å². The molecule has 0 saturated carbocycles. The van der Waals surface area contributed by atoms with Gasteiger partial charge >= 0.3 is 5.97 Å². The number of likely N-dealkylation sites (tertiary alicyclic amines) is 1. The Bertz CT molecular complexity index is 806. The smallest absolute Gasteiger partial charge is 0.335 e. The molecule has 0 bridgehead atoms. The van der Waals surface area contributed by atoms with Crippen molar-refractivity contribution in [2.75, 3.05) is 7.05 Å². The maximum Gasteiger partial charge on any atom is 0.335 e. The van der Waals surface area contributed by atoms with Crippen LogP contribution >= 0.6 is 11.6 Å². The van der Waals surface area contributed by atoms with Gasteiger partial charge in [-0.2, -0.15) is 0 Å². The summed E-state index contributed by atoms with van der Waals surface area (Å²) in [6.07, 6.45) is 0.916. The molecule has 1 fully saturated rings. The van der Waals surface area contributed by atoms with Crippen LogP contribution in [-0.2, 0) is 16.1 Å². The van der Waals surface area contributed by atoms with E-state index in [0.717, 1.165) is 11.1 Å². The van der Waals surface area contributed by atoms with Crippen LogP contribution in [-0.4, -0.2) is 35.0 Å². The van der Waals surface area contributed by atoms with Gasteiger partial charge in [0.05, 0.1) is 24.3 Å². The lowest BCUT2D eigenvalue weighted by molar-refractivity contribution is -0.143.